The molecule has 1 aliphatic heterocycles. The summed E-state index contributed by atoms with van der Waals surface area (Å²) in [5.41, 5.74) is 0.816. The Morgan fingerprint density at radius 1 is 1.16 bits per heavy atom. The maximum Gasteiger partial charge on any atom is 0.339 e. The Morgan fingerprint density at radius 2 is 1.79 bits per heavy atom. The SMILES string of the molecule is COc1cc(OC)c(CN2CC[N]C2=O)c(OC)c1. The predicted molar refractivity (Wildman–Crippen MR) is 68.9 cm³/mol. The summed E-state index contributed by atoms with van der Waals surface area (Å²) in [4.78, 5) is 13.2. The van der Waals surface area contributed by atoms with E-state index in [0.717, 1.165) is 5.56 Å². The third kappa shape index (κ3) is 2.67. The molecule has 6 nitrogen and oxygen atoms in total. The van der Waals surface area contributed by atoms with E-state index in [0.29, 0.717) is 36.9 Å². The van der Waals surface area contributed by atoms with Gasteiger partial charge in [0.1, 0.15) is 17.2 Å². The first-order chi connectivity index (χ1) is 9.19. The van der Waals surface area contributed by atoms with Gasteiger partial charge >= 0.3 is 6.03 Å². The Morgan fingerprint density at radius 3 is 2.21 bits per heavy atom. The second-order valence-corrected chi connectivity index (χ2v) is 4.10. The van der Waals surface area contributed by atoms with Gasteiger partial charge in [-0.3, -0.25) is 0 Å². The van der Waals surface area contributed by atoms with Crippen LogP contribution in [0, 0.1) is 0 Å². The highest BCUT2D eigenvalue weighted by Gasteiger charge is 2.24. The Balaban J connectivity index is 2.33. The van der Waals surface area contributed by atoms with Crippen LogP contribution in [0.4, 0.5) is 4.79 Å². The van der Waals surface area contributed by atoms with Gasteiger partial charge in [-0.05, 0) is 0 Å². The number of urea groups is 1. The lowest BCUT2D eigenvalue weighted by Gasteiger charge is -2.19. The van der Waals surface area contributed by atoms with E-state index in [9.17, 15) is 4.79 Å². The van der Waals surface area contributed by atoms with Gasteiger partial charge in [-0.1, -0.05) is 0 Å². The zero-order chi connectivity index (χ0) is 13.8. The number of carbonyl (C=O) groups excluding carboxylic acids is 1. The van der Waals surface area contributed by atoms with Crippen molar-refractivity contribution in [2.45, 2.75) is 6.54 Å². The zero-order valence-corrected chi connectivity index (χ0v) is 11.3. The van der Waals surface area contributed by atoms with Crippen molar-refractivity contribution >= 4 is 6.03 Å². The molecule has 1 aromatic rings. The normalized spacial score (nSPS) is 14.3. The number of benzene rings is 1. The minimum Gasteiger partial charge on any atom is -0.496 e. The maximum atomic E-state index is 11.6. The number of methoxy groups -OCH3 is 3. The van der Waals surface area contributed by atoms with Crippen LogP contribution in [-0.2, 0) is 6.54 Å². The lowest BCUT2D eigenvalue weighted by Crippen LogP contribution is -2.25. The third-order valence-electron chi connectivity index (χ3n) is 3.05. The molecule has 0 unspecified atom stereocenters. The van der Waals surface area contributed by atoms with Gasteiger partial charge in [0.2, 0.25) is 0 Å². The summed E-state index contributed by atoms with van der Waals surface area (Å²) in [5.74, 6) is 1.92. The molecule has 0 bridgehead atoms. The summed E-state index contributed by atoms with van der Waals surface area (Å²) in [7, 11) is 4.73. The summed E-state index contributed by atoms with van der Waals surface area (Å²) in [5, 5.41) is 3.84. The van der Waals surface area contributed by atoms with Gasteiger partial charge in [0.15, 0.2) is 0 Å². The summed E-state index contributed by atoms with van der Waals surface area (Å²) in [6.45, 7) is 1.58. The number of ether oxygens (including phenoxy) is 3. The van der Waals surface area contributed by atoms with Crippen molar-refractivity contribution in [1.29, 1.82) is 0 Å². The summed E-state index contributed by atoms with van der Waals surface area (Å²) >= 11 is 0. The molecule has 0 aliphatic carbocycles. The molecular weight excluding hydrogens is 248 g/mol. The number of hydrogen-bond acceptors (Lipinski definition) is 4. The van der Waals surface area contributed by atoms with Crippen molar-refractivity contribution in [3.63, 3.8) is 0 Å². The molecule has 1 heterocycles. The first kappa shape index (κ1) is 13.3. The molecule has 6 heteroatoms. The van der Waals surface area contributed by atoms with Crippen LogP contribution in [0.15, 0.2) is 12.1 Å². The molecule has 2 rings (SSSR count). The topological polar surface area (TPSA) is 62.1 Å². The van der Waals surface area contributed by atoms with E-state index >= 15 is 0 Å². The Kier molecular flexibility index (Phi) is 3.99. The van der Waals surface area contributed by atoms with Gasteiger partial charge in [-0.15, -0.1) is 0 Å². The molecule has 19 heavy (non-hydrogen) atoms. The minimum absolute atomic E-state index is 0.195. The highest BCUT2D eigenvalue weighted by molar-refractivity contribution is 5.76. The van der Waals surface area contributed by atoms with Gasteiger partial charge in [0, 0.05) is 18.7 Å². The molecule has 0 aromatic heterocycles. The monoisotopic (exact) mass is 265 g/mol. The van der Waals surface area contributed by atoms with Crippen molar-refractivity contribution in [3.8, 4) is 17.2 Å². The first-order valence-electron chi connectivity index (χ1n) is 5.95. The van der Waals surface area contributed by atoms with E-state index in [2.05, 4.69) is 5.32 Å². The fourth-order valence-corrected chi connectivity index (χ4v) is 2.03. The molecule has 0 spiro atoms. The van der Waals surface area contributed by atoms with Gasteiger partial charge in [0.25, 0.3) is 0 Å². The van der Waals surface area contributed by atoms with Crippen LogP contribution in [0.25, 0.3) is 0 Å². The number of hydrogen-bond donors (Lipinski definition) is 0. The van der Waals surface area contributed by atoms with Crippen molar-refractivity contribution in [2.24, 2.45) is 0 Å². The number of amides is 2. The lowest BCUT2D eigenvalue weighted by molar-refractivity contribution is 0.214. The highest BCUT2D eigenvalue weighted by atomic mass is 16.5. The van der Waals surface area contributed by atoms with E-state index in [-0.39, 0.29) is 6.03 Å². The molecule has 1 aromatic carbocycles. The summed E-state index contributed by atoms with van der Waals surface area (Å²) in [6.07, 6.45) is 0. The maximum absolute atomic E-state index is 11.6. The Bertz CT molecular complexity index is 451. The van der Waals surface area contributed by atoms with Crippen molar-refractivity contribution in [2.75, 3.05) is 34.4 Å². The molecule has 0 saturated carbocycles. The second kappa shape index (κ2) is 5.69. The van der Waals surface area contributed by atoms with Crippen LogP contribution in [-0.4, -0.2) is 45.3 Å². The molecule has 2 amide bonds. The van der Waals surface area contributed by atoms with Crippen LogP contribution in [0.5, 0.6) is 17.2 Å². The number of carbonyl (C=O) groups is 1. The molecule has 103 valence electrons. The van der Waals surface area contributed by atoms with Crippen molar-refractivity contribution in [1.82, 2.24) is 10.2 Å². The smallest absolute Gasteiger partial charge is 0.339 e. The summed E-state index contributed by atoms with van der Waals surface area (Å²) in [6, 6.07) is 3.35. The predicted octanol–water partition coefficient (Wildman–Crippen LogP) is 1.25. The quantitative estimate of drug-likeness (QED) is 0.804. The average Bonchev–Trinajstić information content (AvgIpc) is 2.84. The highest BCUT2D eigenvalue weighted by Crippen LogP contribution is 2.35. The fraction of sp³-hybridized carbons (Fsp3) is 0.462. The first-order valence-corrected chi connectivity index (χ1v) is 5.95. The Labute approximate surface area is 112 Å². The molecule has 0 N–H and O–H groups in total. The second-order valence-electron chi connectivity index (χ2n) is 4.10. The Hall–Kier alpha value is -2.11. The van der Waals surface area contributed by atoms with Crippen LogP contribution >= 0.6 is 0 Å². The zero-order valence-electron chi connectivity index (χ0n) is 11.3. The van der Waals surface area contributed by atoms with E-state index < -0.39 is 0 Å². The fourth-order valence-electron chi connectivity index (χ4n) is 2.03. The number of rotatable bonds is 5. The summed E-state index contributed by atoms with van der Waals surface area (Å²) < 4.78 is 15.9. The van der Waals surface area contributed by atoms with E-state index in [4.69, 9.17) is 14.2 Å². The molecule has 1 saturated heterocycles. The molecule has 1 aliphatic rings. The van der Waals surface area contributed by atoms with Crippen molar-refractivity contribution in [3.05, 3.63) is 17.7 Å². The van der Waals surface area contributed by atoms with Gasteiger partial charge in [-0.2, -0.15) is 0 Å². The van der Waals surface area contributed by atoms with E-state index in [1.54, 1.807) is 38.4 Å². The van der Waals surface area contributed by atoms with Gasteiger partial charge in [0.05, 0.1) is 40.0 Å². The average molecular weight is 265 g/mol. The molecular formula is C13H17N2O4. The molecule has 1 fully saturated rings. The van der Waals surface area contributed by atoms with Crippen LogP contribution in [0.1, 0.15) is 5.56 Å². The van der Waals surface area contributed by atoms with Crippen LogP contribution in [0.2, 0.25) is 0 Å². The van der Waals surface area contributed by atoms with Crippen LogP contribution in [0.3, 0.4) is 0 Å². The number of nitrogens with zero attached hydrogens (tertiary/aromatic N) is 2. The molecule has 1 radical (unpaired) electrons. The minimum atomic E-state index is -0.195. The standard InChI is InChI=1S/C13H17N2O4/c1-17-9-6-11(18-2)10(12(7-9)19-3)8-15-5-4-14-13(15)16/h6-7H,4-5,8H2,1-3H3. The van der Waals surface area contributed by atoms with Gasteiger partial charge < -0.3 is 19.1 Å². The van der Waals surface area contributed by atoms with Crippen LogP contribution < -0.4 is 19.5 Å². The largest absolute Gasteiger partial charge is 0.496 e. The third-order valence-corrected chi connectivity index (χ3v) is 3.05. The molecule has 0 atom stereocenters. The van der Waals surface area contributed by atoms with E-state index in [1.807, 2.05) is 0 Å². The van der Waals surface area contributed by atoms with Crippen molar-refractivity contribution < 1.29 is 19.0 Å². The van der Waals surface area contributed by atoms with Gasteiger partial charge in [-0.25, -0.2) is 10.1 Å². The van der Waals surface area contributed by atoms with E-state index in [1.165, 1.54) is 0 Å². The lowest BCUT2D eigenvalue weighted by atomic mass is 10.1.